The number of hydrogen-bond donors (Lipinski definition) is 1. The maximum absolute atomic E-state index is 5.32. The van der Waals surface area contributed by atoms with Crippen molar-refractivity contribution in [1.82, 2.24) is 20.1 Å². The topological polar surface area (TPSA) is 61.2 Å². The fourth-order valence-corrected chi connectivity index (χ4v) is 1.99. The molecule has 1 N–H and O–H groups in total. The molecule has 0 aromatic carbocycles. The number of hydrogen-bond acceptors (Lipinski definition) is 5. The van der Waals surface area contributed by atoms with Crippen LogP contribution in [0.25, 0.3) is 0 Å². The number of rotatable bonds is 9. The highest BCUT2D eigenvalue weighted by Gasteiger charge is 2.22. The van der Waals surface area contributed by atoms with E-state index in [9.17, 15) is 0 Å². The third kappa shape index (κ3) is 4.04. The molecule has 0 saturated heterocycles. The fourth-order valence-electron chi connectivity index (χ4n) is 1.99. The van der Waals surface area contributed by atoms with Gasteiger partial charge in [-0.1, -0.05) is 13.8 Å². The molecule has 1 atom stereocenters. The van der Waals surface area contributed by atoms with Crippen molar-refractivity contribution in [2.45, 2.75) is 45.6 Å². The monoisotopic (exact) mass is 256 g/mol. The molecule has 0 amide bonds. The molecule has 6 nitrogen and oxygen atoms in total. The Morgan fingerprint density at radius 1 is 1.33 bits per heavy atom. The maximum atomic E-state index is 5.32. The summed E-state index contributed by atoms with van der Waals surface area (Å²) in [6.45, 7) is 5.93. The Bertz CT molecular complexity index is 326. The van der Waals surface area contributed by atoms with Gasteiger partial charge in [-0.15, -0.1) is 0 Å². The number of aryl methyl sites for hydroxylation is 1. The first kappa shape index (κ1) is 15.1. The molecule has 0 aliphatic heterocycles. The van der Waals surface area contributed by atoms with E-state index in [2.05, 4.69) is 29.2 Å². The molecule has 18 heavy (non-hydrogen) atoms. The van der Waals surface area contributed by atoms with Crippen molar-refractivity contribution in [3.8, 4) is 0 Å². The molecule has 6 heteroatoms. The number of nitrogens with zero attached hydrogens (tertiary/aromatic N) is 3. The van der Waals surface area contributed by atoms with Gasteiger partial charge in [0, 0.05) is 27.2 Å². The fraction of sp³-hybridized carbons (Fsp3) is 0.833. The quantitative estimate of drug-likeness (QED) is 0.663. The molecule has 0 aliphatic carbocycles. The summed E-state index contributed by atoms with van der Waals surface area (Å²) in [6.07, 6.45) is 3.10. The first-order chi connectivity index (χ1) is 8.76. The van der Waals surface area contributed by atoms with Gasteiger partial charge in [0.15, 0.2) is 6.29 Å². The second kappa shape index (κ2) is 8.18. The summed E-state index contributed by atoms with van der Waals surface area (Å²) in [5, 5.41) is 7.59. The van der Waals surface area contributed by atoms with Gasteiger partial charge in [-0.3, -0.25) is 4.68 Å². The van der Waals surface area contributed by atoms with Crippen molar-refractivity contribution in [1.29, 1.82) is 0 Å². The zero-order valence-electron chi connectivity index (χ0n) is 11.7. The lowest BCUT2D eigenvalue weighted by Crippen LogP contribution is -2.44. The highest BCUT2D eigenvalue weighted by molar-refractivity contribution is 4.91. The molecule has 104 valence electrons. The summed E-state index contributed by atoms with van der Waals surface area (Å²) in [4.78, 5) is 4.31. The Morgan fingerprint density at radius 2 is 2.06 bits per heavy atom. The van der Waals surface area contributed by atoms with Crippen LogP contribution in [0.15, 0.2) is 6.33 Å². The van der Waals surface area contributed by atoms with Gasteiger partial charge in [-0.05, 0) is 13.0 Å². The standard InChI is InChI=1S/C12H24N4O2/c1-5-7-16-11(14-9-15-16)8-10(13-6-2)12(17-3)18-4/h9-10,12-13H,5-8H2,1-4H3. The number of aromatic nitrogens is 3. The van der Waals surface area contributed by atoms with Gasteiger partial charge in [0.05, 0.1) is 6.04 Å². The minimum absolute atomic E-state index is 0.0739. The molecule has 0 radical (unpaired) electrons. The molecule has 1 aromatic heterocycles. The van der Waals surface area contributed by atoms with Crippen LogP contribution in [-0.4, -0.2) is 47.9 Å². The van der Waals surface area contributed by atoms with E-state index in [1.54, 1.807) is 20.5 Å². The number of nitrogens with one attached hydrogen (secondary N) is 1. The molecular formula is C12H24N4O2. The van der Waals surface area contributed by atoms with Crippen molar-refractivity contribution < 1.29 is 9.47 Å². The SMILES string of the molecule is CCCn1ncnc1CC(NCC)C(OC)OC. The lowest BCUT2D eigenvalue weighted by Gasteiger charge is -2.25. The molecule has 1 heterocycles. The summed E-state index contributed by atoms with van der Waals surface area (Å²) < 4.78 is 12.6. The van der Waals surface area contributed by atoms with Crippen LogP contribution in [-0.2, 0) is 22.4 Å². The van der Waals surface area contributed by atoms with Crippen molar-refractivity contribution in [2.24, 2.45) is 0 Å². The minimum Gasteiger partial charge on any atom is -0.354 e. The van der Waals surface area contributed by atoms with Crippen LogP contribution in [0.4, 0.5) is 0 Å². The highest BCUT2D eigenvalue weighted by Crippen LogP contribution is 2.07. The van der Waals surface area contributed by atoms with Crippen molar-refractivity contribution in [3.05, 3.63) is 12.2 Å². The Labute approximate surface area is 109 Å². The van der Waals surface area contributed by atoms with Crippen LogP contribution in [0.1, 0.15) is 26.1 Å². The summed E-state index contributed by atoms with van der Waals surface area (Å²) in [7, 11) is 3.30. The second-order valence-electron chi connectivity index (χ2n) is 4.11. The van der Waals surface area contributed by atoms with Crippen molar-refractivity contribution >= 4 is 0 Å². The summed E-state index contributed by atoms with van der Waals surface area (Å²) in [5.41, 5.74) is 0. The summed E-state index contributed by atoms with van der Waals surface area (Å²) >= 11 is 0. The Morgan fingerprint density at radius 3 is 2.61 bits per heavy atom. The average molecular weight is 256 g/mol. The lowest BCUT2D eigenvalue weighted by molar-refractivity contribution is -0.122. The van der Waals surface area contributed by atoms with Crippen LogP contribution < -0.4 is 5.32 Å². The van der Waals surface area contributed by atoms with Crippen LogP contribution in [0.3, 0.4) is 0 Å². The Hall–Kier alpha value is -0.980. The molecule has 0 saturated carbocycles. The van der Waals surface area contributed by atoms with Crippen LogP contribution >= 0.6 is 0 Å². The Balaban J connectivity index is 2.72. The minimum atomic E-state index is -0.281. The molecule has 0 aliphatic rings. The van der Waals surface area contributed by atoms with Gasteiger partial charge in [-0.2, -0.15) is 5.10 Å². The first-order valence-electron chi connectivity index (χ1n) is 6.42. The predicted octanol–water partition coefficient (Wildman–Crippen LogP) is 0.828. The van der Waals surface area contributed by atoms with E-state index in [0.717, 1.165) is 31.8 Å². The molecule has 0 spiro atoms. The molecule has 1 rings (SSSR count). The maximum Gasteiger partial charge on any atom is 0.172 e. The smallest absolute Gasteiger partial charge is 0.172 e. The molecule has 1 unspecified atom stereocenters. The van der Waals surface area contributed by atoms with Gasteiger partial charge in [0.25, 0.3) is 0 Å². The van der Waals surface area contributed by atoms with Crippen LogP contribution in [0, 0.1) is 0 Å². The van der Waals surface area contributed by atoms with E-state index in [-0.39, 0.29) is 12.3 Å². The van der Waals surface area contributed by atoms with E-state index >= 15 is 0 Å². The predicted molar refractivity (Wildman–Crippen MR) is 69.3 cm³/mol. The molecule has 1 aromatic rings. The second-order valence-corrected chi connectivity index (χ2v) is 4.11. The van der Waals surface area contributed by atoms with E-state index < -0.39 is 0 Å². The van der Waals surface area contributed by atoms with Gasteiger partial charge < -0.3 is 14.8 Å². The lowest BCUT2D eigenvalue weighted by atomic mass is 10.2. The van der Waals surface area contributed by atoms with E-state index in [4.69, 9.17) is 9.47 Å². The summed E-state index contributed by atoms with van der Waals surface area (Å²) in [5.74, 6) is 0.960. The summed E-state index contributed by atoms with van der Waals surface area (Å²) in [6, 6.07) is 0.0739. The van der Waals surface area contributed by atoms with Crippen LogP contribution in [0.2, 0.25) is 0 Å². The van der Waals surface area contributed by atoms with Crippen LogP contribution in [0.5, 0.6) is 0 Å². The number of ether oxygens (including phenoxy) is 2. The zero-order valence-corrected chi connectivity index (χ0v) is 11.7. The van der Waals surface area contributed by atoms with Gasteiger partial charge in [0.1, 0.15) is 12.2 Å². The van der Waals surface area contributed by atoms with Crippen molar-refractivity contribution in [2.75, 3.05) is 20.8 Å². The van der Waals surface area contributed by atoms with Crippen molar-refractivity contribution in [3.63, 3.8) is 0 Å². The highest BCUT2D eigenvalue weighted by atomic mass is 16.7. The Kier molecular flexibility index (Phi) is 6.85. The third-order valence-electron chi connectivity index (χ3n) is 2.79. The molecule has 0 fully saturated rings. The van der Waals surface area contributed by atoms with E-state index in [1.165, 1.54) is 0 Å². The average Bonchev–Trinajstić information content (AvgIpc) is 2.79. The van der Waals surface area contributed by atoms with E-state index in [0.29, 0.717) is 0 Å². The molecular weight excluding hydrogens is 232 g/mol. The van der Waals surface area contributed by atoms with E-state index in [1.807, 2.05) is 4.68 Å². The van der Waals surface area contributed by atoms with Gasteiger partial charge in [0.2, 0.25) is 0 Å². The van der Waals surface area contributed by atoms with Gasteiger partial charge >= 0.3 is 0 Å². The number of methoxy groups -OCH3 is 2. The zero-order chi connectivity index (χ0) is 13.4. The largest absolute Gasteiger partial charge is 0.354 e. The molecule has 0 bridgehead atoms. The van der Waals surface area contributed by atoms with Gasteiger partial charge in [-0.25, -0.2) is 4.98 Å². The number of likely N-dealkylation sites (N-methyl/N-ethyl adjacent to an activating group) is 1. The first-order valence-corrected chi connectivity index (χ1v) is 6.42. The third-order valence-corrected chi connectivity index (χ3v) is 2.79. The normalized spacial score (nSPS) is 13.2.